The first-order chi connectivity index (χ1) is 21.8. The van der Waals surface area contributed by atoms with Crippen molar-refractivity contribution in [2.75, 3.05) is 31.3 Å². The molecule has 4 aliphatic rings. The molecular weight excluding hydrogens is 674 g/mol. The third kappa shape index (κ3) is 4.88. The summed E-state index contributed by atoms with van der Waals surface area (Å²) < 4.78 is 57.9. The number of phosphoric ester groups is 1. The van der Waals surface area contributed by atoms with Crippen molar-refractivity contribution in [3.8, 4) is 0 Å². The Labute approximate surface area is 262 Å². The van der Waals surface area contributed by atoms with Gasteiger partial charge in [0.25, 0.3) is 5.56 Å². The molecule has 9 atom stereocenters. The van der Waals surface area contributed by atoms with Crippen LogP contribution in [0.3, 0.4) is 0 Å². The lowest BCUT2D eigenvalue weighted by molar-refractivity contribution is -0.183. The fraction of sp³-hybridized carbons (Fsp3) is 0.545. The Morgan fingerprint density at radius 1 is 1.00 bits per heavy atom. The van der Waals surface area contributed by atoms with Crippen molar-refractivity contribution in [3.63, 3.8) is 0 Å². The molecule has 46 heavy (non-hydrogen) atoms. The molecule has 0 spiro atoms. The molecule has 0 aliphatic carbocycles. The maximum atomic E-state index is 13.4. The minimum Gasteiger partial charge on any atom is -0.382 e. The van der Waals surface area contributed by atoms with Crippen molar-refractivity contribution >= 4 is 60.4 Å². The number of nitrogens with two attached hydrogens (primary N) is 2. The van der Waals surface area contributed by atoms with E-state index >= 15 is 0 Å². The second kappa shape index (κ2) is 10.3. The Balaban J connectivity index is 1.14. The predicted molar refractivity (Wildman–Crippen MR) is 156 cm³/mol. The largest absolute Gasteiger partial charge is 0.472 e. The Morgan fingerprint density at radius 3 is 2.57 bits per heavy atom. The van der Waals surface area contributed by atoms with Crippen molar-refractivity contribution in [1.82, 2.24) is 39.0 Å². The van der Waals surface area contributed by atoms with Crippen LogP contribution in [-0.4, -0.2) is 98.2 Å². The highest BCUT2D eigenvalue weighted by molar-refractivity contribution is 8.07. The van der Waals surface area contributed by atoms with Gasteiger partial charge in [0.1, 0.15) is 35.8 Å². The molecule has 4 bridgehead atoms. The monoisotopic (exact) mass is 700 g/mol. The maximum absolute atomic E-state index is 13.4. The molecule has 0 saturated carbocycles. The summed E-state index contributed by atoms with van der Waals surface area (Å²) >= 11 is 5.41. The van der Waals surface area contributed by atoms with Crippen molar-refractivity contribution < 1.29 is 46.7 Å². The summed E-state index contributed by atoms with van der Waals surface area (Å²) in [5.41, 5.74) is 8.91. The molecule has 2 unspecified atom stereocenters. The smallest absolute Gasteiger partial charge is 0.382 e. The summed E-state index contributed by atoms with van der Waals surface area (Å²) in [6, 6.07) is 0. The summed E-state index contributed by atoms with van der Waals surface area (Å²) in [6.45, 7) is -3.61. The third-order valence-corrected chi connectivity index (χ3v) is 10.8. The number of ether oxygens (including phenoxy) is 3. The molecule has 8 rings (SSSR count). The normalized spacial score (nSPS) is 39.7. The van der Waals surface area contributed by atoms with Gasteiger partial charge in [0.15, 0.2) is 35.1 Å². The van der Waals surface area contributed by atoms with Crippen LogP contribution in [0.25, 0.3) is 22.3 Å². The molecule has 7 N–H and O–H groups in total. The van der Waals surface area contributed by atoms with E-state index in [9.17, 15) is 19.1 Å². The third-order valence-electron chi connectivity index (χ3n) is 8.24. The van der Waals surface area contributed by atoms with E-state index in [4.69, 9.17) is 55.6 Å². The van der Waals surface area contributed by atoms with E-state index in [-0.39, 0.29) is 36.0 Å². The number of rotatable bonds is 2. The van der Waals surface area contributed by atoms with Gasteiger partial charge in [-0.2, -0.15) is 4.98 Å². The van der Waals surface area contributed by atoms with Gasteiger partial charge in [-0.1, -0.05) is 0 Å². The number of imidazole rings is 2. The van der Waals surface area contributed by atoms with E-state index in [2.05, 4.69) is 29.9 Å². The fourth-order valence-electron chi connectivity index (χ4n) is 6.21. The van der Waals surface area contributed by atoms with Gasteiger partial charge in [0.05, 0.1) is 38.1 Å². The van der Waals surface area contributed by atoms with Crippen LogP contribution in [0.2, 0.25) is 0 Å². The van der Waals surface area contributed by atoms with E-state index in [0.29, 0.717) is 11.2 Å². The molecule has 4 aromatic heterocycles. The minimum absolute atomic E-state index is 0.00407. The highest BCUT2D eigenvalue weighted by Crippen LogP contribution is 2.59. The highest BCUT2D eigenvalue weighted by Gasteiger charge is 2.66. The zero-order valence-corrected chi connectivity index (χ0v) is 26.2. The molecule has 21 nitrogen and oxygen atoms in total. The summed E-state index contributed by atoms with van der Waals surface area (Å²) in [7, 11) is -4.84. The summed E-state index contributed by atoms with van der Waals surface area (Å²) in [5, 5.41) is 0. The van der Waals surface area contributed by atoms with Gasteiger partial charge in [0, 0.05) is 6.42 Å². The number of fused-ring (bicyclic) bond motifs is 4. The number of anilines is 2. The number of H-pyrrole nitrogens is 1. The van der Waals surface area contributed by atoms with Crippen molar-refractivity contribution in [2.45, 2.75) is 55.3 Å². The van der Waals surface area contributed by atoms with Gasteiger partial charge >= 0.3 is 14.5 Å². The predicted octanol–water partition coefficient (Wildman–Crippen LogP) is -0.398. The van der Waals surface area contributed by atoms with Crippen LogP contribution in [0.4, 0.5) is 11.8 Å². The standard InChI is InChI=1S/C22H26N10O11P2S/c1-21-2-9(18(40-21)32-8-28-11-16(32)29-20(24)30-17(11)33)42-45(36,46)39-5-22-4-37-12(13(22)43-44(34,35)38-3-21)19(41-22)31-7-27-10-14(23)25-6-26-15(10)31/h6-9,12-13,18-19H,2-5H2,1H3,(H,34,35)(H,36,46)(H2,23,25,26)(H3,24,29,30,33)/t9-,12-,13+,18-,19-,21+,22-,45?/m1/s1. The number of aromatic amines is 1. The van der Waals surface area contributed by atoms with E-state index in [1.165, 1.54) is 28.1 Å². The van der Waals surface area contributed by atoms with Crippen LogP contribution in [-0.2, 0) is 48.7 Å². The minimum atomic E-state index is -4.84. The Bertz CT molecular complexity index is 2040. The van der Waals surface area contributed by atoms with E-state index < -0.39 is 75.3 Å². The molecule has 4 fully saturated rings. The second-order valence-electron chi connectivity index (χ2n) is 11.5. The van der Waals surface area contributed by atoms with Gasteiger partial charge in [-0.15, -0.1) is 0 Å². The van der Waals surface area contributed by atoms with Crippen LogP contribution >= 0.6 is 14.5 Å². The van der Waals surface area contributed by atoms with Gasteiger partial charge in [0.2, 0.25) is 5.95 Å². The average Bonchev–Trinajstić information content (AvgIpc) is 3.79. The van der Waals surface area contributed by atoms with Crippen LogP contribution in [0.1, 0.15) is 25.8 Å². The summed E-state index contributed by atoms with van der Waals surface area (Å²) in [5.74, 6) is -0.0322. The number of nitrogens with one attached hydrogen (secondary N) is 1. The van der Waals surface area contributed by atoms with Gasteiger partial charge < -0.3 is 44.5 Å². The molecule has 0 radical (unpaired) electrons. The SMILES string of the molecule is C[C@@]12COP(=O)(O)O[C@H]3[C@H]4OC[C@]3(COP(O)(=S)O[C@H](C1)[C@H](n1cnc3c(=O)[nH]c(N)nc31)O2)O[C@H]4n1cnc2c(N)ncnc21. The second-order valence-corrected chi connectivity index (χ2v) is 15.7. The van der Waals surface area contributed by atoms with Gasteiger partial charge in [-0.25, -0.2) is 24.5 Å². The topological polar surface area (TPSA) is 281 Å². The molecular formula is C22H26N10O11P2S. The Hall–Kier alpha value is -2.98. The first kappa shape index (κ1) is 30.4. The van der Waals surface area contributed by atoms with Crippen LogP contribution < -0.4 is 17.0 Å². The zero-order valence-electron chi connectivity index (χ0n) is 23.6. The average molecular weight is 701 g/mol. The lowest BCUT2D eigenvalue weighted by Crippen LogP contribution is -2.45. The molecule has 4 aliphatic heterocycles. The van der Waals surface area contributed by atoms with Gasteiger partial charge in [-0.3, -0.25) is 28.0 Å². The Kier molecular flexibility index (Phi) is 6.77. The first-order valence-corrected chi connectivity index (χ1v) is 17.8. The van der Waals surface area contributed by atoms with E-state index in [1.54, 1.807) is 6.92 Å². The van der Waals surface area contributed by atoms with Crippen LogP contribution in [0, 0.1) is 0 Å². The maximum Gasteiger partial charge on any atom is 0.472 e. The lowest BCUT2D eigenvalue weighted by atomic mass is 10.0. The molecule has 24 heteroatoms. The fourth-order valence-corrected chi connectivity index (χ4v) is 8.75. The number of nitrogens with zero attached hydrogens (tertiary/aromatic N) is 7. The summed E-state index contributed by atoms with van der Waals surface area (Å²) in [4.78, 5) is 57.7. The summed E-state index contributed by atoms with van der Waals surface area (Å²) in [6.07, 6.45) is -1.39. The first-order valence-electron chi connectivity index (χ1n) is 13.7. The van der Waals surface area contributed by atoms with Crippen molar-refractivity contribution in [1.29, 1.82) is 0 Å². The number of hydrogen-bond donors (Lipinski definition) is 5. The number of nitrogen functional groups attached to an aromatic ring is 2. The van der Waals surface area contributed by atoms with Crippen LogP contribution in [0.5, 0.6) is 0 Å². The quantitative estimate of drug-likeness (QED) is 0.166. The number of hydrogen-bond acceptors (Lipinski definition) is 17. The highest BCUT2D eigenvalue weighted by atomic mass is 32.5. The molecule has 0 amide bonds. The molecule has 8 heterocycles. The van der Waals surface area contributed by atoms with Crippen molar-refractivity contribution in [3.05, 3.63) is 29.3 Å². The van der Waals surface area contributed by atoms with Crippen LogP contribution in [0.15, 0.2) is 23.8 Å². The lowest BCUT2D eigenvalue weighted by Gasteiger charge is -2.33. The molecule has 0 aromatic carbocycles. The molecule has 4 aromatic rings. The molecule has 4 saturated heterocycles. The number of phosphoric acid groups is 1. The van der Waals surface area contributed by atoms with Gasteiger partial charge in [-0.05, 0) is 18.7 Å². The molecule has 246 valence electrons. The zero-order chi connectivity index (χ0) is 32.2. The van der Waals surface area contributed by atoms with Crippen molar-refractivity contribution in [2.24, 2.45) is 0 Å². The number of aromatic nitrogens is 8. The Morgan fingerprint density at radius 2 is 1.76 bits per heavy atom. The van der Waals surface area contributed by atoms with E-state index in [0.717, 1.165) is 0 Å². The van der Waals surface area contributed by atoms with E-state index in [1.807, 2.05) is 0 Å².